The number of ether oxygens (including phenoxy) is 2. The van der Waals surface area contributed by atoms with Crippen LogP contribution in [0.4, 0.5) is 0 Å². The van der Waals surface area contributed by atoms with Crippen LogP contribution in [0.5, 0.6) is 17.2 Å². The monoisotopic (exact) mass is 522 g/mol. The SMILES string of the molecule is COc1cc(O)c([C@H]2C3=CC[C@@H]4C(=O)N(C)C(=O)[C@@H]4[C@@H]3C[C@@]3(Cl)C(=O)N(C)C(=O)[C@@]23Cl)c(OC)c1. The van der Waals surface area contributed by atoms with Crippen LogP contribution < -0.4 is 9.47 Å². The van der Waals surface area contributed by atoms with Crippen molar-refractivity contribution in [3.8, 4) is 17.2 Å². The molecule has 0 bridgehead atoms. The largest absolute Gasteiger partial charge is 0.507 e. The normalized spacial score (nSPS) is 36.1. The summed E-state index contributed by atoms with van der Waals surface area (Å²) in [6.45, 7) is 0. The number of hydrogen-bond donors (Lipinski definition) is 1. The van der Waals surface area contributed by atoms with Crippen LogP contribution in [-0.4, -0.2) is 76.6 Å². The molecule has 0 aromatic heterocycles. The molecule has 5 rings (SSSR count). The topological polar surface area (TPSA) is 113 Å². The lowest BCUT2D eigenvalue weighted by Crippen LogP contribution is -2.60. The molecule has 2 heterocycles. The Morgan fingerprint density at radius 1 is 0.971 bits per heavy atom. The van der Waals surface area contributed by atoms with Gasteiger partial charge in [-0.1, -0.05) is 11.6 Å². The van der Waals surface area contributed by atoms with Gasteiger partial charge in [0.05, 0.1) is 26.1 Å². The van der Waals surface area contributed by atoms with Crippen LogP contribution in [0.25, 0.3) is 0 Å². The van der Waals surface area contributed by atoms with Crippen LogP contribution in [0.1, 0.15) is 24.3 Å². The highest BCUT2D eigenvalue weighted by molar-refractivity contribution is 6.53. The van der Waals surface area contributed by atoms with Crippen LogP contribution in [0.15, 0.2) is 23.8 Å². The second kappa shape index (κ2) is 7.61. The first-order valence-corrected chi connectivity index (χ1v) is 11.9. The Morgan fingerprint density at radius 3 is 2.29 bits per heavy atom. The number of methoxy groups -OCH3 is 2. The van der Waals surface area contributed by atoms with Crippen LogP contribution in [0, 0.1) is 17.8 Å². The van der Waals surface area contributed by atoms with Gasteiger partial charge >= 0.3 is 0 Å². The van der Waals surface area contributed by atoms with Gasteiger partial charge in [-0.25, -0.2) is 0 Å². The molecule has 186 valence electrons. The molecule has 4 amide bonds. The van der Waals surface area contributed by atoms with E-state index in [2.05, 4.69) is 0 Å². The van der Waals surface area contributed by atoms with Crippen molar-refractivity contribution in [1.29, 1.82) is 0 Å². The number of phenols is 1. The third kappa shape index (κ3) is 2.76. The van der Waals surface area contributed by atoms with E-state index in [0.29, 0.717) is 11.3 Å². The number of rotatable bonds is 3. The van der Waals surface area contributed by atoms with E-state index in [1.54, 1.807) is 6.08 Å². The standard InChI is InChI=1S/C24H24Cl2N2O7/c1-27-19(30)12-6-5-11-13(16(12)20(27)31)9-23(25)21(32)28(2)22(33)24(23,26)18(11)17-14(29)7-10(34-3)8-15(17)35-4/h5,7-8,12-13,16,18,29H,6,9H2,1-4H3/t12-,13+,16-,18+,23+,24-/m0/s1. The lowest BCUT2D eigenvalue weighted by atomic mass is 9.56. The number of benzene rings is 1. The minimum absolute atomic E-state index is 0.109. The molecular weight excluding hydrogens is 499 g/mol. The zero-order chi connectivity index (χ0) is 25.6. The minimum Gasteiger partial charge on any atom is -0.507 e. The van der Waals surface area contributed by atoms with E-state index >= 15 is 0 Å². The fourth-order valence-electron chi connectivity index (χ4n) is 6.38. The van der Waals surface area contributed by atoms with Gasteiger partial charge in [0.25, 0.3) is 11.8 Å². The number of carbonyl (C=O) groups is 4. The zero-order valence-corrected chi connectivity index (χ0v) is 21.0. The summed E-state index contributed by atoms with van der Waals surface area (Å²) in [5, 5.41) is 11.1. The number of carbonyl (C=O) groups excluding carboxylic acids is 4. The lowest BCUT2D eigenvalue weighted by Gasteiger charge is -2.51. The van der Waals surface area contributed by atoms with E-state index in [9.17, 15) is 24.3 Å². The zero-order valence-electron chi connectivity index (χ0n) is 19.5. The molecular formula is C24H24Cl2N2O7. The van der Waals surface area contributed by atoms with Gasteiger partial charge in [0, 0.05) is 37.7 Å². The molecule has 11 heteroatoms. The molecule has 2 aliphatic carbocycles. The third-order valence-electron chi connectivity index (χ3n) is 8.07. The van der Waals surface area contributed by atoms with Gasteiger partial charge in [0.15, 0.2) is 9.75 Å². The lowest BCUT2D eigenvalue weighted by molar-refractivity contribution is -0.140. The molecule has 1 aromatic carbocycles. The Kier molecular flexibility index (Phi) is 5.20. The summed E-state index contributed by atoms with van der Waals surface area (Å²) in [6.07, 6.45) is 1.94. The number of likely N-dealkylation sites (tertiary alicyclic amines) is 2. The van der Waals surface area contributed by atoms with Crippen LogP contribution in [0.2, 0.25) is 0 Å². The highest BCUT2D eigenvalue weighted by Gasteiger charge is 2.76. The van der Waals surface area contributed by atoms with Crippen molar-refractivity contribution >= 4 is 46.8 Å². The number of allylic oxidation sites excluding steroid dienone is 2. The van der Waals surface area contributed by atoms with Gasteiger partial charge in [0.1, 0.15) is 17.2 Å². The fraction of sp³-hybridized carbons (Fsp3) is 0.500. The number of hydrogen-bond acceptors (Lipinski definition) is 7. The van der Waals surface area contributed by atoms with E-state index in [4.69, 9.17) is 32.7 Å². The molecule has 3 fully saturated rings. The van der Waals surface area contributed by atoms with Crippen molar-refractivity contribution < 1.29 is 33.8 Å². The summed E-state index contributed by atoms with van der Waals surface area (Å²) in [5.41, 5.74) is 0.730. The summed E-state index contributed by atoms with van der Waals surface area (Å²) in [4.78, 5) is 50.9. The molecule has 4 aliphatic rings. The number of nitrogens with zero attached hydrogens (tertiary/aromatic N) is 2. The number of alkyl halides is 2. The number of fused-ring (bicyclic) bond motifs is 4. The maximum Gasteiger partial charge on any atom is 0.253 e. The molecule has 1 N–H and O–H groups in total. The van der Waals surface area contributed by atoms with Gasteiger partial charge in [-0.3, -0.25) is 29.0 Å². The average molecular weight is 523 g/mol. The highest BCUT2D eigenvalue weighted by Crippen LogP contribution is 2.66. The smallest absolute Gasteiger partial charge is 0.253 e. The van der Waals surface area contributed by atoms with Crippen molar-refractivity contribution in [2.75, 3.05) is 28.3 Å². The molecule has 0 radical (unpaired) electrons. The molecule has 9 nitrogen and oxygen atoms in total. The third-order valence-corrected chi connectivity index (χ3v) is 9.49. The Balaban J connectivity index is 1.80. The van der Waals surface area contributed by atoms with Crippen LogP contribution >= 0.6 is 23.2 Å². The molecule has 0 spiro atoms. The highest BCUT2D eigenvalue weighted by atomic mass is 35.5. The van der Waals surface area contributed by atoms with E-state index < -0.39 is 45.2 Å². The number of imide groups is 2. The summed E-state index contributed by atoms with van der Waals surface area (Å²) >= 11 is 14.1. The average Bonchev–Trinajstić information content (AvgIpc) is 3.13. The number of amides is 4. The minimum atomic E-state index is -2.01. The first-order valence-electron chi connectivity index (χ1n) is 11.1. The Bertz CT molecular complexity index is 1230. The first-order chi connectivity index (χ1) is 16.4. The first kappa shape index (κ1) is 23.9. The molecule has 0 unspecified atom stereocenters. The van der Waals surface area contributed by atoms with Gasteiger partial charge in [-0.05, 0) is 18.8 Å². The fourth-order valence-corrected chi connectivity index (χ4v) is 7.39. The van der Waals surface area contributed by atoms with Gasteiger partial charge in [-0.2, -0.15) is 0 Å². The van der Waals surface area contributed by atoms with Crippen molar-refractivity contribution in [3.05, 3.63) is 29.3 Å². The van der Waals surface area contributed by atoms with Crippen molar-refractivity contribution in [2.45, 2.75) is 28.5 Å². The van der Waals surface area contributed by atoms with Crippen molar-refractivity contribution in [3.63, 3.8) is 0 Å². The maximum atomic E-state index is 13.6. The van der Waals surface area contributed by atoms with Crippen LogP contribution in [-0.2, 0) is 19.2 Å². The van der Waals surface area contributed by atoms with Crippen LogP contribution in [0.3, 0.4) is 0 Å². The van der Waals surface area contributed by atoms with E-state index in [1.807, 2.05) is 0 Å². The molecule has 2 saturated heterocycles. The number of phenolic OH excluding ortho intramolecular Hbond substituents is 1. The number of aromatic hydroxyl groups is 1. The summed E-state index contributed by atoms with van der Waals surface area (Å²) in [6, 6.07) is 2.89. The molecule has 35 heavy (non-hydrogen) atoms. The van der Waals surface area contributed by atoms with Crippen molar-refractivity contribution in [2.24, 2.45) is 17.8 Å². The summed E-state index contributed by atoms with van der Waals surface area (Å²) < 4.78 is 10.8. The molecule has 2 aliphatic heterocycles. The summed E-state index contributed by atoms with van der Waals surface area (Å²) in [7, 11) is 5.55. The number of halogens is 2. The van der Waals surface area contributed by atoms with Gasteiger partial charge < -0.3 is 14.6 Å². The Morgan fingerprint density at radius 2 is 1.66 bits per heavy atom. The predicted octanol–water partition coefficient (Wildman–Crippen LogP) is 2.03. The Hall–Kier alpha value is -2.78. The van der Waals surface area contributed by atoms with E-state index in [0.717, 1.165) is 9.80 Å². The predicted molar refractivity (Wildman–Crippen MR) is 124 cm³/mol. The van der Waals surface area contributed by atoms with Crippen molar-refractivity contribution in [1.82, 2.24) is 9.80 Å². The second-order valence-electron chi connectivity index (χ2n) is 9.50. The quantitative estimate of drug-likeness (QED) is 0.367. The van der Waals surface area contributed by atoms with E-state index in [1.165, 1.54) is 40.4 Å². The summed E-state index contributed by atoms with van der Waals surface area (Å²) in [5.74, 6) is -4.98. The molecule has 1 saturated carbocycles. The van der Waals surface area contributed by atoms with Gasteiger partial charge in [-0.15, -0.1) is 23.2 Å². The second-order valence-corrected chi connectivity index (χ2v) is 10.7. The maximum absolute atomic E-state index is 13.6. The Labute approximate surface area is 211 Å². The van der Waals surface area contributed by atoms with E-state index in [-0.39, 0.29) is 41.7 Å². The van der Waals surface area contributed by atoms with Gasteiger partial charge in [0.2, 0.25) is 11.8 Å². The molecule has 1 aromatic rings. The molecule has 6 atom stereocenters.